The molecule has 220 valence electrons. The first-order valence-electron chi connectivity index (χ1n) is 13.9. The molecule has 0 radical (unpaired) electrons. The maximum atomic E-state index is 13.7. The van der Waals surface area contributed by atoms with E-state index in [9.17, 15) is 19.2 Å². The van der Waals surface area contributed by atoms with Gasteiger partial charge < -0.3 is 23.5 Å². The summed E-state index contributed by atoms with van der Waals surface area (Å²) in [6.45, 7) is 4.50. The van der Waals surface area contributed by atoms with Crippen molar-refractivity contribution in [3.63, 3.8) is 0 Å². The lowest BCUT2D eigenvalue weighted by molar-refractivity contribution is 0.0600. The normalized spacial score (nSPS) is 11.2. The van der Waals surface area contributed by atoms with Crippen molar-refractivity contribution in [3.05, 3.63) is 70.6 Å². The molecule has 2 amide bonds. The van der Waals surface area contributed by atoms with E-state index in [1.165, 1.54) is 24.9 Å². The van der Waals surface area contributed by atoms with Crippen LogP contribution in [0.25, 0.3) is 10.8 Å². The summed E-state index contributed by atoms with van der Waals surface area (Å²) in [7, 11) is 2.81. The topological polar surface area (TPSA) is 110 Å². The van der Waals surface area contributed by atoms with Gasteiger partial charge in [0, 0.05) is 36.7 Å². The van der Waals surface area contributed by atoms with Crippen LogP contribution in [-0.2, 0) is 20.8 Å². The first kappa shape index (κ1) is 31.3. The predicted molar refractivity (Wildman–Crippen MR) is 156 cm³/mol. The van der Waals surface area contributed by atoms with E-state index in [1.807, 2.05) is 13.8 Å². The zero-order valence-corrected chi connectivity index (χ0v) is 24.2. The molecule has 0 spiro atoms. The van der Waals surface area contributed by atoms with Crippen molar-refractivity contribution in [2.45, 2.75) is 52.5 Å². The molecule has 0 unspecified atom stereocenters. The molecular weight excluding hydrogens is 528 g/mol. The molecule has 0 saturated heterocycles. The largest absolute Gasteiger partial charge is 0.532 e. The van der Waals surface area contributed by atoms with E-state index in [0.717, 1.165) is 12.8 Å². The van der Waals surface area contributed by atoms with Crippen molar-refractivity contribution >= 4 is 34.6 Å². The Morgan fingerprint density at radius 2 is 1.46 bits per heavy atom. The summed E-state index contributed by atoms with van der Waals surface area (Å²) in [6, 6.07) is 13.2. The van der Waals surface area contributed by atoms with Gasteiger partial charge in [0.05, 0.1) is 33.0 Å². The Kier molecular flexibility index (Phi) is 11.5. The predicted octanol–water partition coefficient (Wildman–Crippen LogP) is 6.07. The van der Waals surface area contributed by atoms with Crippen LogP contribution in [0.5, 0.6) is 5.75 Å². The van der Waals surface area contributed by atoms with Crippen molar-refractivity contribution < 1.29 is 33.3 Å². The minimum absolute atomic E-state index is 0.00504. The molecule has 10 nitrogen and oxygen atoms in total. The van der Waals surface area contributed by atoms with Gasteiger partial charge in [0.15, 0.2) is 5.69 Å². The number of hydrogen-bond donors (Lipinski definition) is 0. The highest BCUT2D eigenvalue weighted by molar-refractivity contribution is 6.03. The fraction of sp³-hybridized carbons (Fsp3) is 0.419. The third-order valence-electron chi connectivity index (χ3n) is 6.88. The average molecular weight is 568 g/mol. The number of rotatable bonds is 13. The molecule has 41 heavy (non-hydrogen) atoms. The second-order valence-corrected chi connectivity index (χ2v) is 9.63. The number of aryl methyl sites for hydroxylation is 1. The summed E-state index contributed by atoms with van der Waals surface area (Å²) < 4.78 is 22.0. The van der Waals surface area contributed by atoms with E-state index >= 15 is 0 Å². The lowest BCUT2D eigenvalue weighted by Gasteiger charge is -2.30. The van der Waals surface area contributed by atoms with Crippen molar-refractivity contribution in [2.24, 2.45) is 0 Å². The van der Waals surface area contributed by atoms with Crippen LogP contribution in [0, 0.1) is 0 Å². The summed E-state index contributed by atoms with van der Waals surface area (Å²) in [5.41, 5.74) is 0.351. The van der Waals surface area contributed by atoms with E-state index in [-0.39, 0.29) is 43.8 Å². The molecule has 10 heteroatoms. The maximum Gasteiger partial charge on any atom is 0.532 e. The third kappa shape index (κ3) is 7.32. The molecule has 3 aromatic rings. The molecule has 0 atom stereocenters. The number of amides is 2. The van der Waals surface area contributed by atoms with Crippen LogP contribution in [0.1, 0.15) is 56.3 Å². The Morgan fingerprint density at radius 1 is 0.829 bits per heavy atom. The monoisotopic (exact) mass is 567 g/mol. The molecule has 1 aromatic heterocycles. The lowest BCUT2D eigenvalue weighted by Crippen LogP contribution is -2.60. The summed E-state index contributed by atoms with van der Waals surface area (Å²) >= 11 is 0. The number of imide groups is 1. The number of methoxy groups -OCH3 is 2. The van der Waals surface area contributed by atoms with Gasteiger partial charge in [-0.05, 0) is 48.6 Å². The number of aromatic nitrogens is 1. The van der Waals surface area contributed by atoms with Crippen molar-refractivity contribution in [2.75, 3.05) is 34.0 Å². The third-order valence-corrected chi connectivity index (χ3v) is 6.88. The number of nitrogens with zero attached hydrogens (tertiary/aromatic N) is 2. The Hall–Kier alpha value is -4.18. The smallest absolute Gasteiger partial charge is 0.497 e. The minimum atomic E-state index is -0.813. The van der Waals surface area contributed by atoms with Crippen molar-refractivity contribution in [3.8, 4) is 5.75 Å². The Balaban J connectivity index is 1.98. The molecule has 1 heterocycles. The van der Waals surface area contributed by atoms with Gasteiger partial charge in [-0.2, -0.15) is 9.59 Å². The number of ether oxygens (including phenoxy) is 4. The number of fused-ring (bicyclic) bond motifs is 1. The molecule has 0 bridgehead atoms. The summed E-state index contributed by atoms with van der Waals surface area (Å²) in [5, 5.41) is 1.05. The molecule has 0 aliphatic heterocycles. The van der Waals surface area contributed by atoms with Gasteiger partial charge >= 0.3 is 18.2 Å². The summed E-state index contributed by atoms with van der Waals surface area (Å²) in [6.07, 6.45) is 3.39. The second kappa shape index (κ2) is 15.0. The maximum absolute atomic E-state index is 13.7. The number of hydrogen-bond acceptors (Lipinski definition) is 8. The van der Waals surface area contributed by atoms with Crippen LogP contribution in [0.3, 0.4) is 0 Å². The summed E-state index contributed by atoms with van der Waals surface area (Å²) in [4.78, 5) is 52.7. The zero-order chi connectivity index (χ0) is 29.8. The van der Waals surface area contributed by atoms with Crippen LogP contribution < -0.4 is 14.8 Å². The van der Waals surface area contributed by atoms with Crippen molar-refractivity contribution in [1.82, 2.24) is 9.05 Å². The Labute approximate surface area is 240 Å². The van der Waals surface area contributed by atoms with Gasteiger partial charge in [0.2, 0.25) is 0 Å². The molecule has 0 N–H and O–H groups in total. The standard InChI is InChI=1S/C31H39N2O8/c1-5-7-20-40-30(36)33(31(37)41-21-8-6-2,25-12-14-26(38-3)15-13-25)19-9-17-32-18-16-23-10-11-24(29(35)39-4)22-27(23)28(32)34/h10-16,18,22H,5-9,17,19-21H2,1-4H3/q+1. The average Bonchev–Trinajstić information content (AvgIpc) is 3.00. The number of carbonyl (C=O) groups is 3. The van der Waals surface area contributed by atoms with E-state index in [1.54, 1.807) is 48.7 Å². The van der Waals surface area contributed by atoms with Crippen LogP contribution in [0.2, 0.25) is 0 Å². The highest BCUT2D eigenvalue weighted by atomic mass is 16.6. The molecule has 3 rings (SSSR count). The zero-order valence-electron chi connectivity index (χ0n) is 24.2. The number of quaternary nitrogens is 1. The first-order valence-corrected chi connectivity index (χ1v) is 13.9. The molecule has 0 saturated carbocycles. The van der Waals surface area contributed by atoms with Crippen LogP contribution in [-0.4, -0.2) is 56.7 Å². The van der Waals surface area contributed by atoms with Gasteiger partial charge in [-0.25, -0.2) is 4.79 Å². The Bertz CT molecular complexity index is 1380. The van der Waals surface area contributed by atoms with Crippen LogP contribution in [0.4, 0.5) is 15.3 Å². The van der Waals surface area contributed by atoms with Crippen LogP contribution >= 0.6 is 0 Å². The lowest BCUT2D eigenvalue weighted by atomic mass is 10.1. The molecule has 0 fully saturated rings. The number of unbranched alkanes of at least 4 members (excludes halogenated alkanes) is 2. The van der Waals surface area contributed by atoms with E-state index in [0.29, 0.717) is 35.1 Å². The molecule has 0 aliphatic carbocycles. The van der Waals surface area contributed by atoms with Crippen molar-refractivity contribution in [1.29, 1.82) is 0 Å². The molecule has 2 aromatic carbocycles. The van der Waals surface area contributed by atoms with Crippen LogP contribution in [0.15, 0.2) is 59.5 Å². The first-order chi connectivity index (χ1) is 19.8. The highest BCUT2D eigenvalue weighted by Gasteiger charge is 2.51. The fourth-order valence-corrected chi connectivity index (χ4v) is 4.44. The number of esters is 1. The quantitative estimate of drug-likeness (QED) is 0.106. The SMILES string of the molecule is CCCCOC(=O)[N+](CCCn1ccc2ccc(C(=O)OC)cc2c1=O)(C(=O)OCCCC)c1ccc(OC)cc1. The highest BCUT2D eigenvalue weighted by Crippen LogP contribution is 2.30. The van der Waals surface area contributed by atoms with E-state index < -0.39 is 22.6 Å². The molecular formula is C31H39N2O8+. The van der Waals surface area contributed by atoms with E-state index in [4.69, 9.17) is 18.9 Å². The second-order valence-electron chi connectivity index (χ2n) is 9.63. The minimum Gasteiger partial charge on any atom is -0.497 e. The fourth-order valence-electron chi connectivity index (χ4n) is 4.44. The van der Waals surface area contributed by atoms with E-state index in [2.05, 4.69) is 0 Å². The summed E-state index contributed by atoms with van der Waals surface area (Å²) in [5.74, 6) is 0.0334. The number of benzene rings is 2. The molecule has 0 aliphatic rings. The number of pyridine rings is 1. The van der Waals surface area contributed by atoms with Gasteiger partial charge in [-0.1, -0.05) is 37.2 Å². The number of carbonyl (C=O) groups excluding carboxylic acids is 3. The van der Waals surface area contributed by atoms with Gasteiger partial charge in [0.25, 0.3) is 5.56 Å². The Morgan fingerprint density at radius 3 is 2.02 bits per heavy atom. The van der Waals surface area contributed by atoms with Gasteiger partial charge in [-0.15, -0.1) is 0 Å². The van der Waals surface area contributed by atoms with Gasteiger partial charge in [-0.3, -0.25) is 4.79 Å². The van der Waals surface area contributed by atoms with Gasteiger partial charge in [0.1, 0.15) is 12.3 Å².